The van der Waals surface area contributed by atoms with Gasteiger partial charge in [-0.05, 0) is 23.1 Å². The Kier molecular flexibility index (Phi) is 7.32. The lowest BCUT2D eigenvalue weighted by Crippen LogP contribution is -2.71. The summed E-state index contributed by atoms with van der Waals surface area (Å²) in [6.07, 6.45) is 0.849. The number of rotatable bonds is 8. The molecule has 3 aliphatic heterocycles. The number of nitrogen functional groups attached to an aromatic ring is 1. The van der Waals surface area contributed by atoms with Gasteiger partial charge >= 0.3 is 12.6 Å². The number of hydrogen-bond donors (Lipinski definition) is 3. The Hall–Kier alpha value is -3.56. The van der Waals surface area contributed by atoms with E-state index < -0.39 is 41.5 Å². The molecule has 5 rings (SSSR count). The number of carboxylic acids is 1. The second kappa shape index (κ2) is 10.7. The van der Waals surface area contributed by atoms with Gasteiger partial charge in [-0.15, -0.1) is 23.1 Å². The molecule has 0 radical (unpaired) electrons. The Morgan fingerprint density at radius 2 is 2.08 bits per heavy atom. The molecule has 15 heteroatoms. The third-order valence-corrected chi connectivity index (χ3v) is 8.38. The van der Waals surface area contributed by atoms with Crippen LogP contribution in [0, 0.1) is 0 Å². The van der Waals surface area contributed by atoms with Gasteiger partial charge in [0.05, 0.1) is 0 Å². The number of carbonyl (C=O) groups excluding carboxylic acids is 2. The first-order chi connectivity index (χ1) is 18.2. The fourth-order valence-corrected chi connectivity index (χ4v) is 6.55. The number of halogens is 2. The van der Waals surface area contributed by atoms with E-state index in [1.54, 1.807) is 0 Å². The molecule has 1 aromatic heterocycles. The Morgan fingerprint density at radius 3 is 2.76 bits per heavy atom. The smallest absolute Gasteiger partial charge is 0.407 e. The maximum atomic E-state index is 13.0. The van der Waals surface area contributed by atoms with E-state index in [2.05, 4.69) is 37.3 Å². The van der Waals surface area contributed by atoms with Crippen molar-refractivity contribution in [2.24, 2.45) is 5.16 Å². The summed E-state index contributed by atoms with van der Waals surface area (Å²) in [6, 6.07) is 7.02. The van der Waals surface area contributed by atoms with Crippen molar-refractivity contribution in [3.8, 4) is 0 Å². The second-order valence-electron chi connectivity index (χ2n) is 8.72. The fourth-order valence-electron chi connectivity index (χ4n) is 4.67. The maximum absolute atomic E-state index is 13.0. The van der Waals surface area contributed by atoms with Crippen molar-refractivity contribution < 1.29 is 33.1 Å². The maximum Gasteiger partial charge on any atom is 0.407 e. The van der Waals surface area contributed by atoms with Gasteiger partial charge in [0.15, 0.2) is 10.8 Å². The average molecular weight is 565 g/mol. The highest BCUT2D eigenvalue weighted by atomic mass is 32.2. The lowest BCUT2D eigenvalue weighted by Gasteiger charge is -2.49. The standard InChI is InChI=1S/C23H22F2N6O5S2/c24-22(25)36-29-15(14-10-38-23(26)27-14)18(32)28-16-19(33)31-17(21(34)35)13(9-37-20(16)31)8-30-6-5-11-3-1-2-4-12(11)7-30/h1-4,10,16,20,22H,5-9H2,(H2,26,27)(H,28,32)(H,34,35)/t16?,20-/m0/s1. The number of thioether (sulfide) groups is 1. The van der Waals surface area contributed by atoms with Gasteiger partial charge in [-0.25, -0.2) is 9.78 Å². The van der Waals surface area contributed by atoms with Gasteiger partial charge in [0.25, 0.3) is 11.8 Å². The molecule has 38 heavy (non-hydrogen) atoms. The molecule has 0 aliphatic carbocycles. The highest BCUT2D eigenvalue weighted by molar-refractivity contribution is 8.00. The summed E-state index contributed by atoms with van der Waals surface area (Å²) in [5.41, 5.74) is 7.88. The molecule has 0 saturated carbocycles. The number of fused-ring (bicyclic) bond motifs is 2. The molecule has 0 bridgehead atoms. The van der Waals surface area contributed by atoms with Gasteiger partial charge < -0.3 is 21.0 Å². The SMILES string of the molecule is Nc1nc(C(=NOC(F)F)C(=O)NC2C(=O)N3C(C(=O)O)=C(CN4CCc5ccccc5C4)CS[C@@H]23)cs1. The van der Waals surface area contributed by atoms with Gasteiger partial charge in [-0.2, -0.15) is 8.78 Å². The number of aliphatic carboxylic acids is 1. The lowest BCUT2D eigenvalue weighted by atomic mass is 9.98. The first-order valence-corrected chi connectivity index (χ1v) is 13.4. The van der Waals surface area contributed by atoms with Crippen molar-refractivity contribution in [2.75, 3.05) is 24.6 Å². The third kappa shape index (κ3) is 5.08. The monoisotopic (exact) mass is 564 g/mol. The Morgan fingerprint density at radius 1 is 1.32 bits per heavy atom. The first-order valence-electron chi connectivity index (χ1n) is 11.5. The summed E-state index contributed by atoms with van der Waals surface area (Å²) in [5.74, 6) is -2.49. The van der Waals surface area contributed by atoms with Crippen LogP contribution in [-0.4, -0.2) is 80.3 Å². The van der Waals surface area contributed by atoms with Crippen LogP contribution in [-0.2, 0) is 32.2 Å². The van der Waals surface area contributed by atoms with Gasteiger partial charge in [0.2, 0.25) is 0 Å². The number of nitrogens with two attached hydrogens (primary N) is 1. The van der Waals surface area contributed by atoms with Gasteiger partial charge in [0, 0.05) is 30.8 Å². The minimum Gasteiger partial charge on any atom is -0.477 e. The molecule has 4 heterocycles. The van der Waals surface area contributed by atoms with E-state index in [0.29, 0.717) is 24.4 Å². The molecular weight excluding hydrogens is 542 g/mol. The molecule has 1 unspecified atom stereocenters. The van der Waals surface area contributed by atoms with Crippen LogP contribution in [0.3, 0.4) is 0 Å². The number of anilines is 1. The Balaban J connectivity index is 1.31. The summed E-state index contributed by atoms with van der Waals surface area (Å²) in [7, 11) is 0. The number of thiazole rings is 1. The van der Waals surface area contributed by atoms with E-state index in [1.807, 2.05) is 12.1 Å². The molecule has 3 aliphatic rings. The summed E-state index contributed by atoms with van der Waals surface area (Å²) in [5, 5.41) is 16.3. The zero-order chi connectivity index (χ0) is 27.0. The van der Waals surface area contributed by atoms with Crippen LogP contribution in [0.25, 0.3) is 0 Å². The molecule has 1 saturated heterocycles. The summed E-state index contributed by atoms with van der Waals surface area (Å²) < 4.78 is 25.1. The number of benzene rings is 1. The van der Waals surface area contributed by atoms with Crippen LogP contribution in [0.15, 0.2) is 46.1 Å². The quantitative estimate of drug-likeness (QED) is 0.246. The zero-order valence-corrected chi connectivity index (χ0v) is 21.3. The zero-order valence-electron chi connectivity index (χ0n) is 19.7. The average Bonchev–Trinajstić information content (AvgIpc) is 3.32. The molecule has 2 amide bonds. The first kappa shape index (κ1) is 26.1. The summed E-state index contributed by atoms with van der Waals surface area (Å²) in [6.45, 7) is -1.45. The van der Waals surface area contributed by atoms with Gasteiger partial charge in [-0.1, -0.05) is 29.4 Å². The molecule has 4 N–H and O–H groups in total. The highest BCUT2D eigenvalue weighted by Gasteiger charge is 2.54. The van der Waals surface area contributed by atoms with Crippen molar-refractivity contribution in [2.45, 2.75) is 31.0 Å². The molecule has 11 nitrogen and oxygen atoms in total. The van der Waals surface area contributed by atoms with Crippen LogP contribution < -0.4 is 11.1 Å². The second-order valence-corrected chi connectivity index (χ2v) is 10.7. The van der Waals surface area contributed by atoms with Crippen molar-refractivity contribution in [3.05, 3.63) is 57.7 Å². The Bertz CT molecular complexity index is 1350. The lowest BCUT2D eigenvalue weighted by molar-refractivity contribution is -0.150. The van der Waals surface area contributed by atoms with E-state index in [1.165, 1.54) is 33.2 Å². The molecule has 2 aromatic rings. The minimum atomic E-state index is -3.28. The summed E-state index contributed by atoms with van der Waals surface area (Å²) in [4.78, 5) is 49.3. The number of nitrogens with one attached hydrogen (secondary N) is 1. The normalized spacial score (nSPS) is 21.6. The van der Waals surface area contributed by atoms with Crippen molar-refractivity contribution in [1.82, 2.24) is 20.1 Å². The van der Waals surface area contributed by atoms with Crippen molar-refractivity contribution in [3.63, 3.8) is 0 Å². The van der Waals surface area contributed by atoms with E-state index in [4.69, 9.17) is 5.73 Å². The van der Waals surface area contributed by atoms with Crippen LogP contribution in [0.2, 0.25) is 0 Å². The van der Waals surface area contributed by atoms with Crippen LogP contribution in [0.5, 0.6) is 0 Å². The predicted octanol–water partition coefficient (Wildman–Crippen LogP) is 1.47. The number of carboxylic acid groups (broad SMARTS) is 1. The van der Waals surface area contributed by atoms with Gasteiger partial charge in [0.1, 0.15) is 22.8 Å². The summed E-state index contributed by atoms with van der Waals surface area (Å²) >= 11 is 2.28. The van der Waals surface area contributed by atoms with Gasteiger partial charge in [-0.3, -0.25) is 19.4 Å². The number of amides is 2. The number of β-lactam (4-membered cyclic amide) rings is 1. The predicted molar refractivity (Wildman–Crippen MR) is 135 cm³/mol. The van der Waals surface area contributed by atoms with E-state index in [-0.39, 0.29) is 16.5 Å². The van der Waals surface area contributed by atoms with Crippen LogP contribution >= 0.6 is 23.1 Å². The highest BCUT2D eigenvalue weighted by Crippen LogP contribution is 2.41. The van der Waals surface area contributed by atoms with Crippen molar-refractivity contribution in [1.29, 1.82) is 0 Å². The number of alkyl halides is 2. The van der Waals surface area contributed by atoms with Crippen LogP contribution in [0.1, 0.15) is 16.8 Å². The topological polar surface area (TPSA) is 150 Å². The number of nitrogens with zero attached hydrogens (tertiary/aromatic N) is 4. The third-order valence-electron chi connectivity index (χ3n) is 6.36. The number of carbonyl (C=O) groups is 3. The molecular formula is C23H22F2N6O5S2. The Labute approximate surface area is 223 Å². The van der Waals surface area contributed by atoms with E-state index in [0.717, 1.165) is 24.3 Å². The molecule has 1 aromatic carbocycles. The molecule has 0 spiro atoms. The molecule has 2 atom stereocenters. The minimum absolute atomic E-state index is 0.0761. The number of oxime groups is 1. The number of hydrogen-bond acceptors (Lipinski definition) is 10. The number of aromatic nitrogens is 1. The molecule has 200 valence electrons. The fraction of sp³-hybridized carbons (Fsp3) is 0.348. The molecule has 1 fully saturated rings. The largest absolute Gasteiger partial charge is 0.477 e. The van der Waals surface area contributed by atoms with E-state index in [9.17, 15) is 28.3 Å². The van der Waals surface area contributed by atoms with Crippen molar-refractivity contribution >= 4 is 51.7 Å². The van der Waals surface area contributed by atoms with Crippen LogP contribution in [0.4, 0.5) is 13.9 Å². The van der Waals surface area contributed by atoms with E-state index >= 15 is 0 Å².